The Morgan fingerprint density at radius 1 is 0.971 bits per heavy atom. The van der Waals surface area contributed by atoms with Crippen molar-refractivity contribution in [3.8, 4) is 5.75 Å². The van der Waals surface area contributed by atoms with Crippen LogP contribution in [0.2, 0.25) is 18.1 Å². The van der Waals surface area contributed by atoms with E-state index in [4.69, 9.17) is 18.6 Å². The molecule has 198 valence electrons. The predicted molar refractivity (Wildman–Crippen MR) is 137 cm³/mol. The van der Waals surface area contributed by atoms with Crippen molar-refractivity contribution < 1.29 is 33.0 Å². The van der Waals surface area contributed by atoms with Gasteiger partial charge in [0.2, 0.25) is 5.91 Å². The summed E-state index contributed by atoms with van der Waals surface area (Å²) in [6.45, 7) is 15.6. The molecule has 1 rings (SSSR count). The third-order valence-corrected chi connectivity index (χ3v) is 10.3. The molecule has 0 radical (unpaired) electrons. The van der Waals surface area contributed by atoms with E-state index in [-0.39, 0.29) is 23.9 Å². The van der Waals surface area contributed by atoms with E-state index in [9.17, 15) is 14.4 Å². The largest absolute Gasteiger partial charge is 0.497 e. The predicted octanol–water partition coefficient (Wildman–Crippen LogP) is 4.16. The molecule has 2 atom stereocenters. The van der Waals surface area contributed by atoms with E-state index < -0.39 is 38.1 Å². The minimum absolute atomic E-state index is 0.104. The molecular formula is C25H42N2O7Si. The topological polar surface area (TPSA) is 112 Å². The summed E-state index contributed by atoms with van der Waals surface area (Å²) in [6.07, 6.45) is -1.88. The van der Waals surface area contributed by atoms with Crippen LogP contribution >= 0.6 is 0 Å². The number of esters is 1. The molecule has 0 saturated heterocycles. The zero-order valence-electron chi connectivity index (χ0n) is 22.7. The first-order valence-corrected chi connectivity index (χ1v) is 14.6. The molecule has 9 nitrogen and oxygen atoms in total. The molecule has 0 spiro atoms. The first-order valence-electron chi connectivity index (χ1n) is 11.6. The summed E-state index contributed by atoms with van der Waals surface area (Å²) in [7, 11) is 0.393. The average molecular weight is 511 g/mol. The molecule has 0 heterocycles. The van der Waals surface area contributed by atoms with Gasteiger partial charge in [-0.05, 0) is 56.6 Å². The standard InChI is InChI=1S/C25H42N2O7Si/c1-24(2,3)33-23(30)27-19(22(29)32-8)15-20(34-35(9,10)25(4,5)6)21(28)26-16-17-11-13-18(31-7)14-12-17/h11-14,19-20H,15-16H2,1-10H3,(H,26,28)(H,27,30)/t19-,20-/m0/s1. The number of rotatable bonds is 10. The fourth-order valence-electron chi connectivity index (χ4n) is 2.81. The van der Waals surface area contributed by atoms with Gasteiger partial charge in [-0.2, -0.15) is 0 Å². The first-order chi connectivity index (χ1) is 16.0. The highest BCUT2D eigenvalue weighted by Gasteiger charge is 2.42. The van der Waals surface area contributed by atoms with Crippen molar-refractivity contribution in [1.29, 1.82) is 0 Å². The third-order valence-electron chi connectivity index (χ3n) is 5.79. The van der Waals surface area contributed by atoms with Crippen molar-refractivity contribution in [1.82, 2.24) is 10.6 Å². The second-order valence-corrected chi connectivity index (χ2v) is 15.6. The minimum atomic E-state index is -2.41. The maximum Gasteiger partial charge on any atom is 0.408 e. The molecule has 10 heteroatoms. The molecule has 2 N–H and O–H groups in total. The summed E-state index contributed by atoms with van der Waals surface area (Å²) in [5.74, 6) is -0.360. The van der Waals surface area contributed by atoms with Gasteiger partial charge >= 0.3 is 12.1 Å². The fourth-order valence-corrected chi connectivity index (χ4v) is 4.08. The Balaban J connectivity index is 3.11. The van der Waals surface area contributed by atoms with Gasteiger partial charge in [-0.15, -0.1) is 0 Å². The van der Waals surface area contributed by atoms with Gasteiger partial charge in [0.1, 0.15) is 23.5 Å². The second-order valence-electron chi connectivity index (χ2n) is 10.9. The van der Waals surface area contributed by atoms with Gasteiger partial charge < -0.3 is 29.3 Å². The summed E-state index contributed by atoms with van der Waals surface area (Å²) in [5, 5.41) is 5.23. The second kappa shape index (κ2) is 12.4. The summed E-state index contributed by atoms with van der Waals surface area (Å²) in [6, 6.07) is 6.19. The average Bonchev–Trinajstić information content (AvgIpc) is 2.73. The van der Waals surface area contributed by atoms with Crippen LogP contribution in [0.1, 0.15) is 53.5 Å². The van der Waals surface area contributed by atoms with E-state index in [2.05, 4.69) is 31.4 Å². The van der Waals surface area contributed by atoms with Crippen LogP contribution in [0.3, 0.4) is 0 Å². The number of nitrogens with one attached hydrogen (secondary N) is 2. The van der Waals surface area contributed by atoms with Crippen molar-refractivity contribution in [2.75, 3.05) is 14.2 Å². The minimum Gasteiger partial charge on any atom is -0.497 e. The maximum atomic E-state index is 13.3. The number of amides is 2. The monoisotopic (exact) mass is 510 g/mol. The summed E-state index contributed by atoms with van der Waals surface area (Å²) < 4.78 is 21.7. The van der Waals surface area contributed by atoms with E-state index in [1.165, 1.54) is 7.11 Å². The van der Waals surface area contributed by atoms with E-state index >= 15 is 0 Å². The van der Waals surface area contributed by atoms with Crippen LogP contribution in [0.15, 0.2) is 24.3 Å². The highest BCUT2D eigenvalue weighted by molar-refractivity contribution is 6.74. The van der Waals surface area contributed by atoms with Crippen molar-refractivity contribution in [2.45, 2.75) is 90.4 Å². The number of carbonyl (C=O) groups excluding carboxylic acids is 3. The molecule has 0 aliphatic rings. The molecule has 2 amide bonds. The number of methoxy groups -OCH3 is 2. The number of hydrogen-bond donors (Lipinski definition) is 2. The zero-order chi connectivity index (χ0) is 27.0. The Morgan fingerprint density at radius 2 is 1.54 bits per heavy atom. The lowest BCUT2D eigenvalue weighted by Gasteiger charge is -2.39. The first kappa shape index (κ1) is 30.4. The van der Waals surface area contributed by atoms with Crippen molar-refractivity contribution in [3.63, 3.8) is 0 Å². The Bertz CT molecular complexity index is 858. The highest BCUT2D eigenvalue weighted by atomic mass is 28.4. The van der Waals surface area contributed by atoms with Gasteiger partial charge in [-0.1, -0.05) is 32.9 Å². The van der Waals surface area contributed by atoms with E-state index in [0.717, 1.165) is 5.56 Å². The molecule has 0 aromatic heterocycles. The Morgan fingerprint density at radius 3 is 2.00 bits per heavy atom. The number of hydrogen-bond acceptors (Lipinski definition) is 7. The molecule has 0 aliphatic heterocycles. The van der Waals surface area contributed by atoms with E-state index in [1.807, 2.05) is 37.4 Å². The van der Waals surface area contributed by atoms with Gasteiger partial charge in [0.05, 0.1) is 14.2 Å². The van der Waals surface area contributed by atoms with Crippen LogP contribution < -0.4 is 15.4 Å². The maximum absolute atomic E-state index is 13.3. The van der Waals surface area contributed by atoms with Gasteiger partial charge in [0.15, 0.2) is 8.32 Å². The lowest BCUT2D eigenvalue weighted by molar-refractivity contribution is -0.144. The lowest BCUT2D eigenvalue weighted by atomic mass is 10.1. The van der Waals surface area contributed by atoms with Crippen molar-refractivity contribution >= 4 is 26.3 Å². The summed E-state index contributed by atoms with van der Waals surface area (Å²) in [5.41, 5.74) is 0.124. The van der Waals surface area contributed by atoms with Gasteiger partial charge in [0.25, 0.3) is 0 Å². The molecular weight excluding hydrogens is 468 g/mol. The van der Waals surface area contributed by atoms with Crippen LogP contribution in [-0.2, 0) is 30.0 Å². The number of alkyl carbamates (subject to hydrolysis) is 1. The van der Waals surface area contributed by atoms with Crippen molar-refractivity contribution in [3.05, 3.63) is 29.8 Å². The van der Waals surface area contributed by atoms with Crippen LogP contribution in [0, 0.1) is 0 Å². The smallest absolute Gasteiger partial charge is 0.408 e. The van der Waals surface area contributed by atoms with Gasteiger partial charge in [-0.3, -0.25) is 4.79 Å². The van der Waals surface area contributed by atoms with Crippen LogP contribution in [-0.4, -0.2) is 58.3 Å². The summed E-state index contributed by atoms with van der Waals surface area (Å²) >= 11 is 0. The van der Waals surface area contributed by atoms with Crippen LogP contribution in [0.25, 0.3) is 0 Å². The molecule has 1 aromatic carbocycles. The third kappa shape index (κ3) is 10.3. The van der Waals surface area contributed by atoms with E-state index in [0.29, 0.717) is 5.75 Å². The fraction of sp³-hybridized carbons (Fsp3) is 0.640. The number of ether oxygens (including phenoxy) is 3. The Labute approximate surface area is 210 Å². The number of carbonyl (C=O) groups is 3. The molecule has 35 heavy (non-hydrogen) atoms. The molecule has 0 aliphatic carbocycles. The van der Waals surface area contributed by atoms with Crippen LogP contribution in [0.5, 0.6) is 5.75 Å². The normalized spacial score (nSPS) is 13.9. The molecule has 0 unspecified atom stereocenters. The lowest BCUT2D eigenvalue weighted by Crippen LogP contribution is -2.53. The quantitative estimate of drug-likeness (QED) is 0.359. The SMILES string of the molecule is COC(=O)[C@H](C[C@H](O[Si](C)(C)C(C)(C)C)C(=O)NCc1ccc(OC)cc1)NC(=O)OC(C)(C)C. The molecule has 0 saturated carbocycles. The van der Waals surface area contributed by atoms with Crippen molar-refractivity contribution in [2.24, 2.45) is 0 Å². The van der Waals surface area contributed by atoms with Gasteiger partial charge in [0, 0.05) is 13.0 Å². The zero-order valence-corrected chi connectivity index (χ0v) is 23.7. The van der Waals surface area contributed by atoms with Crippen LogP contribution in [0.4, 0.5) is 4.79 Å². The molecule has 1 aromatic rings. The molecule has 0 bridgehead atoms. The Hall–Kier alpha value is -2.59. The Kier molecular flexibility index (Phi) is 10.8. The number of benzene rings is 1. The highest BCUT2D eigenvalue weighted by Crippen LogP contribution is 2.37. The van der Waals surface area contributed by atoms with E-state index in [1.54, 1.807) is 27.9 Å². The van der Waals surface area contributed by atoms with Gasteiger partial charge in [-0.25, -0.2) is 9.59 Å². The summed E-state index contributed by atoms with van der Waals surface area (Å²) in [4.78, 5) is 38.1. The molecule has 0 fully saturated rings.